The monoisotopic (exact) mass is 281 g/mol. The first-order valence-electron chi connectivity index (χ1n) is 6.72. The number of urea groups is 1. The topological polar surface area (TPSA) is 109 Å². The lowest BCUT2D eigenvalue weighted by Crippen LogP contribution is -2.48. The van der Waals surface area contributed by atoms with Crippen LogP contribution in [0.4, 0.5) is 10.7 Å². The number of nitrogens with zero attached hydrogens (tertiary/aromatic N) is 3. The highest BCUT2D eigenvalue weighted by molar-refractivity contribution is 5.90. The van der Waals surface area contributed by atoms with Gasteiger partial charge >= 0.3 is 12.0 Å². The summed E-state index contributed by atoms with van der Waals surface area (Å²) in [6, 6.07) is -1.43. The summed E-state index contributed by atoms with van der Waals surface area (Å²) in [5.41, 5.74) is 0. The molecule has 3 N–H and O–H groups in total. The van der Waals surface area contributed by atoms with Gasteiger partial charge in [0, 0.05) is 7.05 Å². The fraction of sp³-hybridized carbons (Fsp3) is 0.667. The molecule has 0 aliphatic heterocycles. The zero-order valence-electron chi connectivity index (χ0n) is 11.4. The molecule has 0 aromatic carbocycles. The van der Waals surface area contributed by atoms with Crippen molar-refractivity contribution in [1.82, 2.24) is 20.1 Å². The number of hydrogen-bond donors (Lipinski definition) is 3. The highest BCUT2D eigenvalue weighted by Gasteiger charge is 2.30. The quantitative estimate of drug-likeness (QED) is 0.762. The zero-order valence-corrected chi connectivity index (χ0v) is 11.4. The van der Waals surface area contributed by atoms with Crippen LogP contribution in [0, 0.1) is 5.92 Å². The van der Waals surface area contributed by atoms with Gasteiger partial charge < -0.3 is 10.4 Å². The third-order valence-electron chi connectivity index (χ3n) is 3.61. The molecule has 1 aromatic heterocycles. The standard InChI is InChI=1S/C12H19N5O3/c1-17-11(13-7-14-17)16-12(20)15-9(10(18)19)8-5-3-2-4-6-8/h7-9H,2-6H2,1H3,(H,18,19)(H2,13,14,15,16,20). The zero-order chi connectivity index (χ0) is 14.5. The van der Waals surface area contributed by atoms with E-state index in [2.05, 4.69) is 20.7 Å². The van der Waals surface area contributed by atoms with Crippen LogP contribution in [0.15, 0.2) is 6.33 Å². The average molecular weight is 281 g/mol. The molecule has 8 heteroatoms. The first-order chi connectivity index (χ1) is 9.58. The van der Waals surface area contributed by atoms with Crippen LogP contribution in [-0.2, 0) is 11.8 Å². The third-order valence-corrected chi connectivity index (χ3v) is 3.61. The van der Waals surface area contributed by atoms with E-state index < -0.39 is 18.0 Å². The second-order valence-corrected chi connectivity index (χ2v) is 5.02. The third kappa shape index (κ3) is 3.46. The number of carbonyl (C=O) groups is 2. The van der Waals surface area contributed by atoms with Crippen molar-refractivity contribution in [3.05, 3.63) is 6.33 Å². The van der Waals surface area contributed by atoms with Crippen molar-refractivity contribution in [2.24, 2.45) is 13.0 Å². The summed E-state index contributed by atoms with van der Waals surface area (Å²) >= 11 is 0. The summed E-state index contributed by atoms with van der Waals surface area (Å²) in [7, 11) is 1.64. The van der Waals surface area contributed by atoms with Crippen LogP contribution < -0.4 is 10.6 Å². The van der Waals surface area contributed by atoms with Crippen LogP contribution in [0.2, 0.25) is 0 Å². The molecule has 1 aliphatic rings. The molecule has 1 heterocycles. The normalized spacial score (nSPS) is 17.4. The lowest BCUT2D eigenvalue weighted by molar-refractivity contribution is -0.141. The van der Waals surface area contributed by atoms with Gasteiger partial charge in [-0.1, -0.05) is 19.3 Å². The van der Waals surface area contributed by atoms with Crippen LogP contribution >= 0.6 is 0 Å². The van der Waals surface area contributed by atoms with Crippen LogP contribution in [0.5, 0.6) is 0 Å². The molecule has 1 fully saturated rings. The van der Waals surface area contributed by atoms with Crippen LogP contribution in [0.1, 0.15) is 32.1 Å². The summed E-state index contributed by atoms with van der Waals surface area (Å²) in [6.45, 7) is 0. The summed E-state index contributed by atoms with van der Waals surface area (Å²) < 4.78 is 1.40. The van der Waals surface area contributed by atoms with Crippen LogP contribution in [-0.4, -0.2) is 37.9 Å². The minimum Gasteiger partial charge on any atom is -0.480 e. The van der Waals surface area contributed by atoms with Crippen LogP contribution in [0.3, 0.4) is 0 Å². The van der Waals surface area contributed by atoms with Gasteiger partial charge in [0.1, 0.15) is 12.4 Å². The highest BCUT2D eigenvalue weighted by atomic mass is 16.4. The molecular weight excluding hydrogens is 262 g/mol. The van der Waals surface area contributed by atoms with Gasteiger partial charge in [-0.05, 0) is 18.8 Å². The predicted molar refractivity (Wildman–Crippen MR) is 71.2 cm³/mol. The van der Waals surface area contributed by atoms with E-state index in [0.29, 0.717) is 0 Å². The smallest absolute Gasteiger partial charge is 0.326 e. The molecule has 1 atom stereocenters. The molecule has 8 nitrogen and oxygen atoms in total. The molecular formula is C12H19N5O3. The van der Waals surface area contributed by atoms with Crippen molar-refractivity contribution in [2.75, 3.05) is 5.32 Å². The van der Waals surface area contributed by atoms with E-state index in [4.69, 9.17) is 0 Å². The molecule has 2 amide bonds. The van der Waals surface area contributed by atoms with E-state index in [9.17, 15) is 14.7 Å². The summed E-state index contributed by atoms with van der Waals surface area (Å²) in [5, 5.41) is 18.1. The van der Waals surface area contributed by atoms with Gasteiger partial charge in [0.15, 0.2) is 0 Å². The average Bonchev–Trinajstić information content (AvgIpc) is 2.82. The molecule has 0 saturated heterocycles. The van der Waals surface area contributed by atoms with Crippen molar-refractivity contribution in [3.63, 3.8) is 0 Å². The Morgan fingerprint density at radius 2 is 2.10 bits per heavy atom. The fourth-order valence-corrected chi connectivity index (χ4v) is 2.54. The number of anilines is 1. The van der Waals surface area contributed by atoms with Crippen molar-refractivity contribution >= 4 is 17.9 Å². The fourth-order valence-electron chi connectivity index (χ4n) is 2.54. The Kier molecular flexibility index (Phi) is 4.54. The Bertz CT molecular complexity index is 481. The number of hydrogen-bond acceptors (Lipinski definition) is 4. The highest BCUT2D eigenvalue weighted by Crippen LogP contribution is 2.26. The van der Waals surface area contributed by atoms with E-state index >= 15 is 0 Å². The van der Waals surface area contributed by atoms with Crippen molar-refractivity contribution in [3.8, 4) is 0 Å². The predicted octanol–water partition coefficient (Wildman–Crippen LogP) is 0.970. The Morgan fingerprint density at radius 1 is 1.40 bits per heavy atom. The van der Waals surface area contributed by atoms with Gasteiger partial charge in [-0.25, -0.2) is 14.3 Å². The van der Waals surface area contributed by atoms with E-state index in [1.54, 1.807) is 7.05 Å². The maximum Gasteiger partial charge on any atom is 0.326 e. The van der Waals surface area contributed by atoms with E-state index in [0.717, 1.165) is 32.1 Å². The van der Waals surface area contributed by atoms with E-state index in [-0.39, 0.29) is 11.9 Å². The Labute approximate surface area is 116 Å². The summed E-state index contributed by atoms with van der Waals surface area (Å²) in [6.07, 6.45) is 6.14. The van der Waals surface area contributed by atoms with Gasteiger partial charge in [0.25, 0.3) is 0 Å². The van der Waals surface area contributed by atoms with E-state index in [1.165, 1.54) is 11.0 Å². The number of aromatic nitrogens is 3. The molecule has 0 radical (unpaired) electrons. The number of aryl methyl sites for hydroxylation is 1. The summed E-state index contributed by atoms with van der Waals surface area (Å²) in [5.74, 6) is -0.730. The number of carbonyl (C=O) groups excluding carboxylic acids is 1. The molecule has 1 aliphatic carbocycles. The molecule has 0 bridgehead atoms. The Balaban J connectivity index is 1.95. The van der Waals surface area contributed by atoms with Gasteiger partial charge in [0.05, 0.1) is 0 Å². The number of carboxylic acids is 1. The number of rotatable bonds is 4. The van der Waals surface area contributed by atoms with Crippen molar-refractivity contribution in [1.29, 1.82) is 0 Å². The second kappa shape index (κ2) is 6.36. The number of carboxylic acid groups (broad SMARTS) is 1. The van der Waals surface area contributed by atoms with Gasteiger partial charge in [-0.15, -0.1) is 0 Å². The van der Waals surface area contributed by atoms with Gasteiger partial charge in [-0.2, -0.15) is 10.1 Å². The van der Waals surface area contributed by atoms with Crippen molar-refractivity contribution in [2.45, 2.75) is 38.1 Å². The maximum absolute atomic E-state index is 11.9. The Hall–Kier alpha value is -2.12. The minimum absolute atomic E-state index is 0.00787. The lowest BCUT2D eigenvalue weighted by atomic mass is 9.84. The largest absolute Gasteiger partial charge is 0.480 e. The number of nitrogens with one attached hydrogen (secondary N) is 2. The van der Waals surface area contributed by atoms with Crippen LogP contribution in [0.25, 0.3) is 0 Å². The molecule has 1 saturated carbocycles. The Morgan fingerprint density at radius 3 is 2.65 bits per heavy atom. The van der Waals surface area contributed by atoms with E-state index in [1.807, 2.05) is 0 Å². The first-order valence-corrected chi connectivity index (χ1v) is 6.72. The molecule has 1 aromatic rings. The SMILES string of the molecule is Cn1ncnc1NC(=O)NC(C(=O)O)C1CCCCC1. The van der Waals surface area contributed by atoms with Gasteiger partial charge in [0.2, 0.25) is 5.95 Å². The second-order valence-electron chi connectivity index (χ2n) is 5.02. The summed E-state index contributed by atoms with van der Waals surface area (Å²) in [4.78, 5) is 27.0. The maximum atomic E-state index is 11.9. The molecule has 20 heavy (non-hydrogen) atoms. The number of aliphatic carboxylic acids is 1. The first kappa shape index (κ1) is 14.3. The van der Waals surface area contributed by atoms with Gasteiger partial charge in [-0.3, -0.25) is 5.32 Å². The molecule has 1 unspecified atom stereocenters. The minimum atomic E-state index is -0.995. The molecule has 0 spiro atoms. The van der Waals surface area contributed by atoms with Crippen molar-refractivity contribution < 1.29 is 14.7 Å². The molecule has 110 valence electrons. The number of amides is 2. The lowest BCUT2D eigenvalue weighted by Gasteiger charge is -2.27. The molecule has 2 rings (SSSR count).